The number of benzene rings is 1. The van der Waals surface area contributed by atoms with Gasteiger partial charge in [-0.3, -0.25) is 4.79 Å². The van der Waals surface area contributed by atoms with Gasteiger partial charge in [0.2, 0.25) is 0 Å². The van der Waals surface area contributed by atoms with E-state index >= 15 is 0 Å². The van der Waals surface area contributed by atoms with E-state index in [0.717, 1.165) is 18.4 Å². The molecule has 1 aromatic heterocycles. The molecule has 0 unspecified atom stereocenters. The summed E-state index contributed by atoms with van der Waals surface area (Å²) >= 11 is 1.96. The summed E-state index contributed by atoms with van der Waals surface area (Å²) in [4.78, 5) is 12.1. The van der Waals surface area contributed by atoms with E-state index in [0.29, 0.717) is 11.4 Å². The van der Waals surface area contributed by atoms with Crippen LogP contribution in [0.3, 0.4) is 0 Å². The molecule has 0 saturated carbocycles. The van der Waals surface area contributed by atoms with Gasteiger partial charge in [-0.2, -0.15) is 5.10 Å². The van der Waals surface area contributed by atoms with Gasteiger partial charge < -0.3 is 5.11 Å². The topological polar surface area (TPSA) is 63.1 Å². The molecule has 1 aliphatic heterocycles. The number of carboxylic acid groups (broad SMARTS) is 1. The summed E-state index contributed by atoms with van der Waals surface area (Å²) in [5, 5.41) is 16.8. The summed E-state index contributed by atoms with van der Waals surface area (Å²) in [7, 11) is 0. The van der Waals surface area contributed by atoms with Crippen LogP contribution in [0.5, 0.6) is 0 Å². The smallest absolute Gasteiger partial charge is 0.309 e. The largest absolute Gasteiger partial charge is 0.481 e. The molecule has 0 aliphatic carbocycles. The molecular weight excluding hydrogens is 368 g/mol. The number of aryl methyl sites for hydroxylation is 1. The maximum absolute atomic E-state index is 10.7. The Morgan fingerprint density at radius 1 is 1.18 bits per heavy atom. The monoisotopic (exact) mass is 394 g/mol. The summed E-state index contributed by atoms with van der Waals surface area (Å²) in [6, 6.07) is 7.94. The van der Waals surface area contributed by atoms with Crippen molar-refractivity contribution >= 4 is 17.7 Å². The minimum absolute atomic E-state index is 0.102. The average molecular weight is 395 g/mol. The number of aromatic nitrogens is 2. The standard InChI is InChI=1S/C23H26N2O2S/c1-6-15-12-20-19(22(2,3)14-23(4,5)28-20)11-16(15)7-8-17-9-10-18(25-24-17)13-21(26)27/h9-12H,6,13-14H2,1-5H3,(H,26,27). The summed E-state index contributed by atoms with van der Waals surface area (Å²) in [6.07, 6.45) is 1.91. The Labute approximate surface area is 171 Å². The average Bonchev–Trinajstić information content (AvgIpc) is 2.58. The van der Waals surface area contributed by atoms with E-state index in [-0.39, 0.29) is 16.6 Å². The maximum Gasteiger partial charge on any atom is 0.309 e. The number of hydrogen-bond acceptors (Lipinski definition) is 4. The first-order valence-corrected chi connectivity index (χ1v) is 10.3. The first-order valence-electron chi connectivity index (χ1n) is 9.52. The number of hydrogen-bond donors (Lipinski definition) is 1. The van der Waals surface area contributed by atoms with Crippen LogP contribution in [-0.2, 0) is 23.1 Å². The van der Waals surface area contributed by atoms with Gasteiger partial charge in [0.05, 0.1) is 12.1 Å². The molecule has 0 saturated heterocycles. The number of carbonyl (C=O) groups is 1. The summed E-state index contributed by atoms with van der Waals surface area (Å²) in [6.45, 7) is 11.4. The highest BCUT2D eigenvalue weighted by molar-refractivity contribution is 8.00. The van der Waals surface area contributed by atoms with Crippen LogP contribution in [0.1, 0.15) is 69.1 Å². The summed E-state index contributed by atoms with van der Waals surface area (Å²) in [5.41, 5.74) is 4.71. The predicted octanol–water partition coefficient (Wildman–Crippen LogP) is 4.62. The van der Waals surface area contributed by atoms with E-state index < -0.39 is 5.97 Å². The second kappa shape index (κ2) is 7.60. The molecule has 2 aromatic rings. The molecule has 146 valence electrons. The van der Waals surface area contributed by atoms with E-state index in [4.69, 9.17) is 5.11 Å². The molecule has 0 fully saturated rings. The molecule has 1 aromatic carbocycles. The number of rotatable bonds is 3. The van der Waals surface area contributed by atoms with Gasteiger partial charge in [0.1, 0.15) is 5.69 Å². The summed E-state index contributed by atoms with van der Waals surface area (Å²) in [5.74, 6) is 5.44. The highest BCUT2D eigenvalue weighted by Crippen LogP contribution is 2.51. The Bertz CT molecular complexity index is 967. The number of nitrogens with zero attached hydrogens (tertiary/aromatic N) is 2. The Morgan fingerprint density at radius 2 is 1.93 bits per heavy atom. The third kappa shape index (κ3) is 4.56. The Kier molecular flexibility index (Phi) is 5.54. The summed E-state index contributed by atoms with van der Waals surface area (Å²) < 4.78 is 0.224. The fraction of sp³-hybridized carbons (Fsp3) is 0.435. The molecule has 28 heavy (non-hydrogen) atoms. The van der Waals surface area contributed by atoms with Crippen LogP contribution in [0.2, 0.25) is 0 Å². The highest BCUT2D eigenvalue weighted by Gasteiger charge is 2.38. The maximum atomic E-state index is 10.7. The fourth-order valence-electron chi connectivity index (χ4n) is 3.94. The minimum atomic E-state index is -0.918. The van der Waals surface area contributed by atoms with Crippen molar-refractivity contribution in [1.82, 2.24) is 10.2 Å². The molecule has 1 N–H and O–H groups in total. The molecule has 2 heterocycles. The molecule has 1 aliphatic rings. The van der Waals surface area contributed by atoms with Crippen molar-refractivity contribution in [1.29, 1.82) is 0 Å². The van der Waals surface area contributed by atoms with Crippen molar-refractivity contribution in [3.63, 3.8) is 0 Å². The van der Waals surface area contributed by atoms with Gasteiger partial charge in [-0.25, -0.2) is 0 Å². The lowest BCUT2D eigenvalue weighted by Gasteiger charge is -2.42. The third-order valence-corrected chi connectivity index (χ3v) is 6.20. The van der Waals surface area contributed by atoms with Crippen molar-refractivity contribution in [3.8, 4) is 11.8 Å². The predicted molar refractivity (Wildman–Crippen MR) is 113 cm³/mol. The normalized spacial score (nSPS) is 16.6. The second-order valence-corrected chi connectivity index (χ2v) is 10.3. The highest BCUT2D eigenvalue weighted by atomic mass is 32.2. The Morgan fingerprint density at radius 3 is 2.54 bits per heavy atom. The fourth-order valence-corrected chi connectivity index (χ4v) is 5.62. The van der Waals surface area contributed by atoms with Crippen LogP contribution in [0.15, 0.2) is 29.2 Å². The lowest BCUT2D eigenvalue weighted by molar-refractivity contribution is -0.136. The van der Waals surface area contributed by atoms with Crippen LogP contribution < -0.4 is 0 Å². The van der Waals surface area contributed by atoms with Gasteiger partial charge in [0.15, 0.2) is 0 Å². The number of aliphatic carboxylic acids is 1. The molecular formula is C23H26N2O2S. The third-order valence-electron chi connectivity index (χ3n) is 4.95. The second-order valence-electron chi connectivity index (χ2n) is 8.51. The van der Waals surface area contributed by atoms with E-state index in [1.54, 1.807) is 12.1 Å². The van der Waals surface area contributed by atoms with E-state index in [9.17, 15) is 4.79 Å². The van der Waals surface area contributed by atoms with E-state index in [1.807, 2.05) is 11.8 Å². The van der Waals surface area contributed by atoms with Crippen LogP contribution >= 0.6 is 11.8 Å². The SMILES string of the molecule is CCc1cc2c(cc1C#Cc1ccc(CC(=O)O)nn1)C(C)(C)CC(C)(C)S2. The number of fused-ring (bicyclic) bond motifs is 1. The molecule has 0 atom stereocenters. The lowest BCUT2D eigenvalue weighted by atomic mass is 9.76. The van der Waals surface area contributed by atoms with Crippen molar-refractivity contribution in [2.75, 3.05) is 0 Å². The molecule has 0 radical (unpaired) electrons. The quantitative estimate of drug-likeness (QED) is 0.770. The van der Waals surface area contributed by atoms with Crippen molar-refractivity contribution in [2.24, 2.45) is 0 Å². The van der Waals surface area contributed by atoms with E-state index in [2.05, 4.69) is 68.8 Å². The molecule has 0 amide bonds. The zero-order valence-corrected chi connectivity index (χ0v) is 17.9. The Hall–Kier alpha value is -2.32. The zero-order valence-electron chi connectivity index (χ0n) is 17.1. The van der Waals surface area contributed by atoms with Gasteiger partial charge in [-0.1, -0.05) is 40.5 Å². The molecule has 3 rings (SSSR count). The molecule has 0 spiro atoms. The van der Waals surface area contributed by atoms with Crippen LogP contribution in [0.4, 0.5) is 0 Å². The van der Waals surface area contributed by atoms with Gasteiger partial charge in [0, 0.05) is 15.2 Å². The van der Waals surface area contributed by atoms with Crippen molar-refractivity contribution in [2.45, 2.75) is 68.9 Å². The minimum Gasteiger partial charge on any atom is -0.481 e. The molecule has 4 nitrogen and oxygen atoms in total. The van der Waals surface area contributed by atoms with Gasteiger partial charge >= 0.3 is 5.97 Å². The van der Waals surface area contributed by atoms with Crippen LogP contribution in [-0.4, -0.2) is 26.0 Å². The number of thioether (sulfide) groups is 1. The van der Waals surface area contributed by atoms with Gasteiger partial charge in [-0.15, -0.1) is 16.9 Å². The first kappa shape index (κ1) is 20.4. The number of carboxylic acids is 1. The molecule has 0 bridgehead atoms. The lowest BCUT2D eigenvalue weighted by Crippen LogP contribution is -2.33. The zero-order chi connectivity index (χ0) is 20.5. The van der Waals surface area contributed by atoms with Gasteiger partial charge in [0.25, 0.3) is 0 Å². The first-order chi connectivity index (χ1) is 13.1. The van der Waals surface area contributed by atoms with Gasteiger partial charge in [-0.05, 0) is 59.6 Å². The van der Waals surface area contributed by atoms with Crippen molar-refractivity contribution in [3.05, 3.63) is 52.3 Å². The van der Waals surface area contributed by atoms with E-state index in [1.165, 1.54) is 16.0 Å². The van der Waals surface area contributed by atoms with Crippen LogP contribution in [0.25, 0.3) is 0 Å². The van der Waals surface area contributed by atoms with Crippen LogP contribution in [0, 0.1) is 11.8 Å². The Balaban J connectivity index is 1.96. The molecule has 5 heteroatoms. The van der Waals surface area contributed by atoms with Crippen molar-refractivity contribution < 1.29 is 9.90 Å².